The maximum atomic E-state index is 13.4. The molecule has 3 nitrogen and oxygen atoms in total. The summed E-state index contributed by atoms with van der Waals surface area (Å²) in [5, 5.41) is 3.02. The van der Waals surface area contributed by atoms with Crippen LogP contribution in [0.5, 0.6) is 0 Å². The topological polar surface area (TPSA) is 38.3 Å². The maximum Gasteiger partial charge on any atom is 0.319 e. The lowest BCUT2D eigenvalue weighted by molar-refractivity contribution is -0.151. The van der Waals surface area contributed by atoms with Crippen LogP contribution in [0.1, 0.15) is 25.3 Å². The second kappa shape index (κ2) is 6.47. The van der Waals surface area contributed by atoms with Gasteiger partial charge in [-0.05, 0) is 43.9 Å². The summed E-state index contributed by atoms with van der Waals surface area (Å²) in [4.78, 5) is 12.8. The monoisotopic (exact) mass is 313 g/mol. The Balaban J connectivity index is 2.33. The molecule has 1 aliphatic heterocycles. The van der Waals surface area contributed by atoms with E-state index in [9.17, 15) is 13.6 Å². The molecular formula is C15H17F2NO2S. The fourth-order valence-electron chi connectivity index (χ4n) is 2.58. The highest BCUT2D eigenvalue weighted by Crippen LogP contribution is 2.34. The van der Waals surface area contributed by atoms with Gasteiger partial charge in [-0.1, -0.05) is 18.3 Å². The molecule has 1 aromatic carbocycles. The lowest BCUT2D eigenvalue weighted by atomic mass is 9.75. The number of thiocarbonyl (C=S) groups is 1. The van der Waals surface area contributed by atoms with Crippen molar-refractivity contribution in [1.82, 2.24) is 5.32 Å². The molecule has 0 bridgehead atoms. The van der Waals surface area contributed by atoms with E-state index in [0.29, 0.717) is 23.5 Å². The molecule has 1 unspecified atom stereocenters. The smallest absolute Gasteiger partial charge is 0.319 e. The Kier molecular flexibility index (Phi) is 4.88. The third-order valence-corrected chi connectivity index (χ3v) is 4.19. The number of carbonyl (C=O) groups is 1. The molecule has 0 saturated carbocycles. The van der Waals surface area contributed by atoms with Crippen molar-refractivity contribution in [3.8, 4) is 0 Å². The highest BCUT2D eigenvalue weighted by Gasteiger charge is 2.45. The molecule has 1 fully saturated rings. The van der Waals surface area contributed by atoms with Crippen LogP contribution in [0.2, 0.25) is 0 Å². The van der Waals surface area contributed by atoms with Crippen molar-refractivity contribution < 1.29 is 18.3 Å². The summed E-state index contributed by atoms with van der Waals surface area (Å²) < 4.78 is 31.5. The van der Waals surface area contributed by atoms with Gasteiger partial charge in [-0.2, -0.15) is 0 Å². The van der Waals surface area contributed by atoms with Crippen molar-refractivity contribution in [1.29, 1.82) is 0 Å². The predicted molar refractivity (Wildman–Crippen MR) is 79.0 cm³/mol. The number of ether oxygens (including phenoxy) is 1. The van der Waals surface area contributed by atoms with Crippen molar-refractivity contribution in [2.75, 3.05) is 13.2 Å². The van der Waals surface area contributed by atoms with E-state index >= 15 is 0 Å². The molecule has 0 aliphatic carbocycles. The number of hydrogen-bond acceptors (Lipinski definition) is 3. The van der Waals surface area contributed by atoms with Gasteiger partial charge < -0.3 is 10.1 Å². The van der Waals surface area contributed by atoms with E-state index < -0.39 is 23.0 Å². The summed E-state index contributed by atoms with van der Waals surface area (Å²) in [5.74, 6) is -2.25. The molecule has 6 heteroatoms. The Morgan fingerprint density at radius 2 is 2.19 bits per heavy atom. The predicted octanol–water partition coefficient (Wildman–Crippen LogP) is 2.77. The van der Waals surface area contributed by atoms with E-state index in [1.54, 1.807) is 6.92 Å². The fourth-order valence-corrected chi connectivity index (χ4v) is 2.94. The van der Waals surface area contributed by atoms with Crippen LogP contribution >= 0.6 is 12.2 Å². The number of esters is 1. The summed E-state index contributed by atoms with van der Waals surface area (Å²) in [5.41, 5.74) is -0.471. The molecule has 114 valence electrons. The van der Waals surface area contributed by atoms with Crippen molar-refractivity contribution in [3.63, 3.8) is 0 Å². The highest BCUT2D eigenvalue weighted by atomic mass is 32.1. The van der Waals surface area contributed by atoms with Crippen LogP contribution in [0, 0.1) is 17.0 Å². The summed E-state index contributed by atoms with van der Waals surface area (Å²) in [6, 6.07) is 3.63. The maximum absolute atomic E-state index is 13.4. The molecule has 1 aliphatic rings. The quantitative estimate of drug-likeness (QED) is 0.685. The number of hydrogen-bond donors (Lipinski definition) is 1. The highest BCUT2D eigenvalue weighted by molar-refractivity contribution is 7.80. The Hall–Kier alpha value is -1.56. The summed E-state index contributed by atoms with van der Waals surface area (Å²) in [6.07, 6.45) is 1.51. The second-order valence-electron chi connectivity index (χ2n) is 5.09. The minimum atomic E-state index is -0.992. The molecule has 1 heterocycles. The first-order chi connectivity index (χ1) is 9.99. The number of halogens is 2. The number of carbonyl (C=O) groups excluding carboxylic acids is 1. The molecule has 0 spiro atoms. The third-order valence-electron chi connectivity index (χ3n) is 3.66. The van der Waals surface area contributed by atoms with Crippen molar-refractivity contribution in [2.24, 2.45) is 5.41 Å². The molecular weight excluding hydrogens is 296 g/mol. The van der Waals surface area contributed by atoms with Gasteiger partial charge >= 0.3 is 5.97 Å². The van der Waals surface area contributed by atoms with Gasteiger partial charge in [0.15, 0.2) is 11.6 Å². The zero-order chi connectivity index (χ0) is 15.5. The number of rotatable bonds is 4. The van der Waals surface area contributed by atoms with Gasteiger partial charge in [-0.15, -0.1) is 0 Å². The SMILES string of the molecule is CCOC(=O)C1(Cc2ccc(F)c(F)c2)CCCNC1=S. The minimum Gasteiger partial charge on any atom is -0.465 e. The van der Waals surface area contributed by atoms with Crippen LogP contribution < -0.4 is 5.32 Å². The van der Waals surface area contributed by atoms with Gasteiger partial charge in [0, 0.05) is 6.54 Å². The second-order valence-corrected chi connectivity index (χ2v) is 5.50. The zero-order valence-electron chi connectivity index (χ0n) is 11.7. The van der Waals surface area contributed by atoms with Crippen LogP contribution in [0.15, 0.2) is 18.2 Å². The van der Waals surface area contributed by atoms with E-state index in [4.69, 9.17) is 17.0 Å². The zero-order valence-corrected chi connectivity index (χ0v) is 12.6. The van der Waals surface area contributed by atoms with E-state index in [1.807, 2.05) is 0 Å². The molecule has 0 amide bonds. The van der Waals surface area contributed by atoms with Gasteiger partial charge in [-0.25, -0.2) is 8.78 Å². The molecule has 1 aromatic rings. The van der Waals surface area contributed by atoms with Crippen LogP contribution in [-0.2, 0) is 16.0 Å². The number of benzene rings is 1. The van der Waals surface area contributed by atoms with E-state index in [1.165, 1.54) is 6.07 Å². The molecule has 1 atom stereocenters. The van der Waals surface area contributed by atoms with E-state index in [-0.39, 0.29) is 13.0 Å². The largest absolute Gasteiger partial charge is 0.465 e. The minimum absolute atomic E-state index is 0.203. The normalized spacial score (nSPS) is 21.8. The molecule has 21 heavy (non-hydrogen) atoms. The first-order valence-electron chi connectivity index (χ1n) is 6.89. The van der Waals surface area contributed by atoms with Crippen molar-refractivity contribution in [2.45, 2.75) is 26.2 Å². The summed E-state index contributed by atoms with van der Waals surface area (Å²) in [6.45, 7) is 2.68. The van der Waals surface area contributed by atoms with Gasteiger partial charge in [0.1, 0.15) is 5.41 Å². The number of piperidine rings is 1. The molecule has 0 aromatic heterocycles. The third kappa shape index (κ3) is 3.20. The Morgan fingerprint density at radius 1 is 1.43 bits per heavy atom. The Labute approximate surface area is 127 Å². The molecule has 1 saturated heterocycles. The number of nitrogens with one attached hydrogen (secondary N) is 1. The van der Waals surface area contributed by atoms with Crippen LogP contribution in [-0.4, -0.2) is 24.1 Å². The average molecular weight is 313 g/mol. The van der Waals surface area contributed by atoms with Gasteiger partial charge in [0.25, 0.3) is 0 Å². The van der Waals surface area contributed by atoms with Crippen molar-refractivity contribution in [3.05, 3.63) is 35.4 Å². The first kappa shape index (κ1) is 15.8. The van der Waals surface area contributed by atoms with Crippen LogP contribution in [0.4, 0.5) is 8.78 Å². The average Bonchev–Trinajstić information content (AvgIpc) is 2.45. The van der Waals surface area contributed by atoms with Crippen molar-refractivity contribution >= 4 is 23.2 Å². The van der Waals surface area contributed by atoms with Crippen LogP contribution in [0.3, 0.4) is 0 Å². The lowest BCUT2D eigenvalue weighted by Crippen LogP contribution is -2.51. The standard InChI is InChI=1S/C15H17F2NO2S/c1-2-20-14(19)15(6-3-7-18-13(15)21)9-10-4-5-11(16)12(17)8-10/h4-5,8H,2-3,6-7,9H2,1H3,(H,18,21). The van der Waals surface area contributed by atoms with Crippen LogP contribution in [0.25, 0.3) is 0 Å². The van der Waals surface area contributed by atoms with E-state index in [2.05, 4.69) is 5.32 Å². The molecule has 0 radical (unpaired) electrons. The van der Waals surface area contributed by atoms with Gasteiger partial charge in [0.2, 0.25) is 0 Å². The Bertz CT molecular complexity index is 565. The molecule has 2 rings (SSSR count). The van der Waals surface area contributed by atoms with Gasteiger partial charge in [0.05, 0.1) is 11.6 Å². The van der Waals surface area contributed by atoms with E-state index in [0.717, 1.165) is 18.6 Å². The fraction of sp³-hybridized carbons (Fsp3) is 0.467. The molecule has 1 N–H and O–H groups in total. The first-order valence-corrected chi connectivity index (χ1v) is 7.30. The summed E-state index contributed by atoms with van der Waals surface area (Å²) >= 11 is 5.31. The summed E-state index contributed by atoms with van der Waals surface area (Å²) in [7, 11) is 0. The van der Waals surface area contributed by atoms with Gasteiger partial charge in [-0.3, -0.25) is 4.79 Å². The lowest BCUT2D eigenvalue weighted by Gasteiger charge is -2.36. The Morgan fingerprint density at radius 3 is 2.81 bits per heavy atom.